The molecule has 0 aliphatic carbocycles. The van der Waals surface area contributed by atoms with Crippen LogP contribution in [0.15, 0.2) is 84.9 Å². The number of ether oxygens (including phenoxy) is 2. The number of amides is 1. The quantitative estimate of drug-likeness (QED) is 0.349. The molecule has 1 aliphatic rings. The van der Waals surface area contributed by atoms with E-state index < -0.39 is 35.3 Å². The molecule has 0 aromatic heterocycles. The Bertz CT molecular complexity index is 1340. The van der Waals surface area contributed by atoms with E-state index in [0.717, 1.165) is 5.56 Å². The van der Waals surface area contributed by atoms with Crippen molar-refractivity contribution in [2.45, 2.75) is 44.2 Å². The van der Waals surface area contributed by atoms with Gasteiger partial charge in [0.25, 0.3) is 5.91 Å². The third kappa shape index (κ3) is 5.23. The van der Waals surface area contributed by atoms with Gasteiger partial charge < -0.3 is 14.4 Å². The van der Waals surface area contributed by atoms with Crippen LogP contribution in [0.3, 0.4) is 0 Å². The Labute approximate surface area is 240 Å². The van der Waals surface area contributed by atoms with Gasteiger partial charge in [0.1, 0.15) is 11.6 Å². The minimum Gasteiger partial charge on any atom is -0.469 e. The molecule has 1 saturated heterocycles. The van der Waals surface area contributed by atoms with Crippen LogP contribution in [0, 0.1) is 5.92 Å². The van der Waals surface area contributed by atoms with Gasteiger partial charge in [0.2, 0.25) is 0 Å². The van der Waals surface area contributed by atoms with E-state index in [4.69, 9.17) is 21.7 Å². The van der Waals surface area contributed by atoms with Crippen LogP contribution in [0.1, 0.15) is 54.2 Å². The molecule has 208 valence electrons. The zero-order chi connectivity index (χ0) is 29.1. The van der Waals surface area contributed by atoms with Crippen molar-refractivity contribution in [2.75, 3.05) is 14.2 Å². The molecule has 0 radical (unpaired) electrons. The number of hydrogen-bond donors (Lipinski definition) is 1. The molecule has 1 heterocycles. The molecule has 0 saturated carbocycles. The number of carbonyl (C=O) groups is 3. The first kappa shape index (κ1) is 29.0. The van der Waals surface area contributed by atoms with E-state index in [1.807, 2.05) is 72.8 Å². The van der Waals surface area contributed by atoms with Crippen molar-refractivity contribution in [1.29, 1.82) is 0 Å². The highest BCUT2D eigenvalue weighted by Crippen LogP contribution is 2.52. The van der Waals surface area contributed by atoms with Gasteiger partial charge in [-0.25, -0.2) is 4.79 Å². The molecule has 1 fully saturated rings. The fourth-order valence-corrected chi connectivity index (χ4v) is 5.91. The topological polar surface area (TPSA) is 84.9 Å². The minimum atomic E-state index is -1.27. The Morgan fingerprint density at radius 2 is 1.32 bits per heavy atom. The normalized spacial score (nSPS) is 18.1. The summed E-state index contributed by atoms with van der Waals surface area (Å²) in [7, 11) is 2.61. The summed E-state index contributed by atoms with van der Waals surface area (Å²) in [5.41, 5.74) is 1.60. The van der Waals surface area contributed by atoms with Crippen LogP contribution >= 0.6 is 12.2 Å². The van der Waals surface area contributed by atoms with Crippen molar-refractivity contribution in [3.63, 3.8) is 0 Å². The van der Waals surface area contributed by atoms with E-state index >= 15 is 0 Å². The molecule has 1 aliphatic heterocycles. The van der Waals surface area contributed by atoms with Crippen molar-refractivity contribution in [2.24, 2.45) is 5.92 Å². The molecule has 3 aromatic carbocycles. The average molecular weight is 559 g/mol. The Kier molecular flexibility index (Phi) is 8.40. The predicted molar refractivity (Wildman–Crippen MR) is 157 cm³/mol. The van der Waals surface area contributed by atoms with Crippen molar-refractivity contribution in [3.05, 3.63) is 107 Å². The summed E-state index contributed by atoms with van der Waals surface area (Å²) >= 11 is 5.88. The number of carbonyl (C=O) groups excluding carboxylic acids is 3. The number of nitrogens with one attached hydrogen (secondary N) is 1. The summed E-state index contributed by atoms with van der Waals surface area (Å²) in [6, 6.07) is 25.0. The molecule has 2 atom stereocenters. The van der Waals surface area contributed by atoms with Crippen LogP contribution in [0.2, 0.25) is 0 Å². The molecular weight excluding hydrogens is 524 g/mol. The summed E-state index contributed by atoms with van der Waals surface area (Å²) in [5.74, 6) is -2.34. The maximum absolute atomic E-state index is 13.4. The Hall–Kier alpha value is -4.04. The maximum atomic E-state index is 13.4. The molecule has 4 rings (SSSR count). The van der Waals surface area contributed by atoms with E-state index in [1.54, 1.807) is 17.0 Å². The van der Waals surface area contributed by atoms with Crippen LogP contribution < -0.4 is 5.32 Å². The Morgan fingerprint density at radius 3 is 1.77 bits per heavy atom. The van der Waals surface area contributed by atoms with Gasteiger partial charge in [0, 0.05) is 5.56 Å². The van der Waals surface area contributed by atoms with E-state index in [2.05, 4.69) is 26.1 Å². The lowest BCUT2D eigenvalue weighted by molar-refractivity contribution is -0.147. The molecular formula is C32H34N2O5S. The Balaban J connectivity index is 1.87. The molecule has 0 spiro atoms. The van der Waals surface area contributed by atoms with Crippen molar-refractivity contribution in [1.82, 2.24) is 10.2 Å². The van der Waals surface area contributed by atoms with Crippen LogP contribution in [0.5, 0.6) is 0 Å². The molecule has 1 N–H and O–H groups in total. The highest BCUT2D eigenvalue weighted by Gasteiger charge is 2.61. The standard InChI is InChI=1S/C32H34N2O5S/c1-31(2,3)22-18-16-21(17-19-22)27(35)33-30(40)34-26(29(37)39-5)20-25(28(36)38-4)32(34,23-12-8-6-9-13-23)24-14-10-7-11-15-24/h6-19,25-26H,20H2,1-5H3,(H,33,35,40)/t25-,26+/m0/s1. The number of thiocarbonyl (C=S) groups is 1. The van der Waals surface area contributed by atoms with Gasteiger partial charge in [-0.05, 0) is 52.9 Å². The highest BCUT2D eigenvalue weighted by atomic mass is 32.1. The van der Waals surface area contributed by atoms with Crippen molar-refractivity contribution >= 4 is 35.2 Å². The number of nitrogens with zero attached hydrogens (tertiary/aromatic N) is 1. The number of hydrogen-bond acceptors (Lipinski definition) is 6. The summed E-state index contributed by atoms with van der Waals surface area (Å²) in [6.07, 6.45) is 0.0689. The molecule has 40 heavy (non-hydrogen) atoms. The zero-order valence-corrected chi connectivity index (χ0v) is 24.2. The van der Waals surface area contributed by atoms with E-state index in [1.165, 1.54) is 14.2 Å². The molecule has 1 amide bonds. The number of methoxy groups -OCH3 is 2. The van der Waals surface area contributed by atoms with Crippen molar-refractivity contribution in [3.8, 4) is 0 Å². The molecule has 0 bridgehead atoms. The maximum Gasteiger partial charge on any atom is 0.328 e. The summed E-state index contributed by atoms with van der Waals surface area (Å²) in [5, 5.41) is 2.84. The van der Waals surface area contributed by atoms with E-state index in [9.17, 15) is 14.4 Å². The fraction of sp³-hybridized carbons (Fsp3) is 0.312. The molecule has 0 unspecified atom stereocenters. The zero-order valence-electron chi connectivity index (χ0n) is 23.3. The van der Waals surface area contributed by atoms with Gasteiger partial charge in [-0.2, -0.15) is 0 Å². The first-order chi connectivity index (χ1) is 19.0. The number of benzene rings is 3. The van der Waals surface area contributed by atoms with Crippen molar-refractivity contribution < 1.29 is 23.9 Å². The first-order valence-electron chi connectivity index (χ1n) is 13.1. The summed E-state index contributed by atoms with van der Waals surface area (Å²) < 4.78 is 10.4. The van der Waals surface area contributed by atoms with E-state index in [0.29, 0.717) is 16.7 Å². The first-order valence-corrected chi connectivity index (χ1v) is 13.5. The van der Waals surface area contributed by atoms with Gasteiger partial charge in [-0.15, -0.1) is 0 Å². The van der Waals surface area contributed by atoms with Gasteiger partial charge in [-0.1, -0.05) is 93.6 Å². The van der Waals surface area contributed by atoms with Crippen LogP contribution in [-0.4, -0.2) is 48.1 Å². The predicted octanol–water partition coefficient (Wildman–Crippen LogP) is 4.98. The second-order valence-corrected chi connectivity index (χ2v) is 11.2. The Morgan fingerprint density at radius 1 is 0.825 bits per heavy atom. The number of esters is 2. The third-order valence-electron chi connectivity index (χ3n) is 7.49. The second-order valence-electron chi connectivity index (χ2n) is 10.8. The van der Waals surface area contributed by atoms with Crippen LogP contribution in [0.4, 0.5) is 0 Å². The minimum absolute atomic E-state index is 0.000549. The average Bonchev–Trinajstić information content (AvgIpc) is 3.34. The number of rotatable bonds is 5. The smallest absolute Gasteiger partial charge is 0.328 e. The van der Waals surface area contributed by atoms with Gasteiger partial charge >= 0.3 is 11.9 Å². The van der Waals surface area contributed by atoms with Crippen LogP contribution in [-0.2, 0) is 30.0 Å². The molecule has 7 nitrogen and oxygen atoms in total. The lowest BCUT2D eigenvalue weighted by Gasteiger charge is -2.44. The lowest BCUT2D eigenvalue weighted by atomic mass is 9.73. The van der Waals surface area contributed by atoms with Crippen LogP contribution in [0.25, 0.3) is 0 Å². The highest BCUT2D eigenvalue weighted by molar-refractivity contribution is 7.80. The lowest BCUT2D eigenvalue weighted by Crippen LogP contribution is -2.58. The SMILES string of the molecule is COC(=O)[C@H]1C[C@@H](C(=O)OC)C(c2ccccc2)(c2ccccc2)N1C(=S)NC(=O)c1ccc(C(C)(C)C)cc1. The molecule has 3 aromatic rings. The van der Waals surface area contributed by atoms with Gasteiger partial charge in [0.15, 0.2) is 5.11 Å². The fourth-order valence-electron chi connectivity index (χ4n) is 5.54. The monoisotopic (exact) mass is 558 g/mol. The summed E-state index contributed by atoms with van der Waals surface area (Å²) in [6.45, 7) is 6.30. The van der Waals surface area contributed by atoms with Gasteiger partial charge in [0.05, 0.1) is 20.1 Å². The third-order valence-corrected chi connectivity index (χ3v) is 7.79. The van der Waals surface area contributed by atoms with Gasteiger partial charge in [-0.3, -0.25) is 14.9 Å². The number of likely N-dealkylation sites (tertiary alicyclic amines) is 1. The molecule has 8 heteroatoms. The largest absolute Gasteiger partial charge is 0.469 e. The summed E-state index contributed by atoms with van der Waals surface area (Å²) in [4.78, 5) is 41.7. The second kappa shape index (κ2) is 11.6. The van der Waals surface area contributed by atoms with E-state index in [-0.39, 0.29) is 16.9 Å².